The van der Waals surface area contributed by atoms with E-state index in [1.165, 1.54) is 4.90 Å². The summed E-state index contributed by atoms with van der Waals surface area (Å²) in [6.07, 6.45) is 2.56. The lowest BCUT2D eigenvalue weighted by atomic mass is 9.96. The Bertz CT molecular complexity index is 1240. The van der Waals surface area contributed by atoms with Crippen molar-refractivity contribution in [1.82, 2.24) is 19.8 Å². The van der Waals surface area contributed by atoms with Crippen LogP contribution in [0.5, 0.6) is 5.75 Å². The lowest BCUT2D eigenvalue weighted by Gasteiger charge is -2.39. The number of nitrogens with zero attached hydrogens (tertiary/aromatic N) is 4. The molecule has 1 atom stereocenters. The van der Waals surface area contributed by atoms with Crippen LogP contribution in [0.3, 0.4) is 0 Å². The average molecular weight is 528 g/mol. The third kappa shape index (κ3) is 5.93. The number of pyridine rings is 1. The SMILES string of the molecule is CC(C)Oc1cnc2[nH]ccc2c1N1CCN(C(=O)C(CN(C(=O)O)C(C)C)c2ccc(Cl)cc2)CC1. The maximum absolute atomic E-state index is 13.8. The first-order valence-corrected chi connectivity index (χ1v) is 12.9. The van der Waals surface area contributed by atoms with E-state index >= 15 is 0 Å². The van der Waals surface area contributed by atoms with E-state index < -0.39 is 12.0 Å². The predicted molar refractivity (Wildman–Crippen MR) is 145 cm³/mol. The molecular formula is C27H34ClN5O4. The van der Waals surface area contributed by atoms with E-state index in [4.69, 9.17) is 16.3 Å². The van der Waals surface area contributed by atoms with E-state index in [1.54, 1.807) is 30.5 Å². The van der Waals surface area contributed by atoms with Crippen molar-refractivity contribution < 1.29 is 19.4 Å². The van der Waals surface area contributed by atoms with Crippen molar-refractivity contribution in [2.45, 2.75) is 45.8 Å². The summed E-state index contributed by atoms with van der Waals surface area (Å²) in [5.41, 5.74) is 2.51. The molecular weight excluding hydrogens is 494 g/mol. The van der Waals surface area contributed by atoms with E-state index in [2.05, 4.69) is 14.9 Å². The molecule has 2 N–H and O–H groups in total. The summed E-state index contributed by atoms with van der Waals surface area (Å²) in [5, 5.41) is 11.3. The Balaban J connectivity index is 1.56. The minimum absolute atomic E-state index is 0.00178. The van der Waals surface area contributed by atoms with Gasteiger partial charge in [-0.25, -0.2) is 9.78 Å². The van der Waals surface area contributed by atoms with E-state index in [9.17, 15) is 14.7 Å². The number of carbonyl (C=O) groups excluding carboxylic acids is 1. The third-order valence-corrected chi connectivity index (χ3v) is 6.87. The fraction of sp³-hybridized carbons (Fsp3) is 0.444. The van der Waals surface area contributed by atoms with Crippen LogP contribution in [0.15, 0.2) is 42.7 Å². The number of rotatable bonds is 8. The summed E-state index contributed by atoms with van der Waals surface area (Å²) in [4.78, 5) is 38.7. The monoisotopic (exact) mass is 527 g/mol. The maximum atomic E-state index is 13.8. The van der Waals surface area contributed by atoms with Gasteiger partial charge in [0.25, 0.3) is 0 Å². The molecule has 0 saturated carbocycles. The van der Waals surface area contributed by atoms with Gasteiger partial charge in [0.2, 0.25) is 5.91 Å². The number of carboxylic acid groups (broad SMARTS) is 1. The lowest BCUT2D eigenvalue weighted by molar-refractivity contribution is -0.133. The van der Waals surface area contributed by atoms with Gasteiger partial charge in [0.15, 0.2) is 5.75 Å². The largest absolute Gasteiger partial charge is 0.487 e. The van der Waals surface area contributed by atoms with Crippen LogP contribution < -0.4 is 9.64 Å². The van der Waals surface area contributed by atoms with Crippen LogP contribution in [-0.4, -0.2) is 81.7 Å². The number of anilines is 1. The molecule has 2 amide bonds. The number of carbonyl (C=O) groups is 2. The van der Waals surface area contributed by atoms with Crippen LogP contribution in [0, 0.1) is 0 Å². The Kier molecular flexibility index (Phi) is 8.12. The Morgan fingerprint density at radius 3 is 2.38 bits per heavy atom. The highest BCUT2D eigenvalue weighted by Crippen LogP contribution is 2.36. The van der Waals surface area contributed by atoms with E-state index in [1.807, 2.05) is 44.9 Å². The molecule has 0 radical (unpaired) electrons. The van der Waals surface area contributed by atoms with Gasteiger partial charge in [-0.1, -0.05) is 23.7 Å². The molecule has 0 bridgehead atoms. The van der Waals surface area contributed by atoms with Crippen LogP contribution in [0.1, 0.15) is 39.2 Å². The summed E-state index contributed by atoms with van der Waals surface area (Å²) in [6, 6.07) is 8.81. The van der Waals surface area contributed by atoms with Crippen molar-refractivity contribution in [3.63, 3.8) is 0 Å². The van der Waals surface area contributed by atoms with E-state index in [0.717, 1.165) is 28.0 Å². The number of piperazine rings is 1. The lowest BCUT2D eigenvalue weighted by Crippen LogP contribution is -2.52. The van der Waals surface area contributed by atoms with Crippen LogP contribution in [0.2, 0.25) is 5.02 Å². The van der Waals surface area contributed by atoms with Crippen LogP contribution in [0.25, 0.3) is 11.0 Å². The van der Waals surface area contributed by atoms with Crippen molar-refractivity contribution in [2.75, 3.05) is 37.6 Å². The number of aromatic amines is 1. The zero-order valence-corrected chi connectivity index (χ0v) is 22.4. The smallest absolute Gasteiger partial charge is 0.407 e. The van der Waals surface area contributed by atoms with Gasteiger partial charge in [0.05, 0.1) is 23.9 Å². The average Bonchev–Trinajstić information content (AvgIpc) is 3.33. The van der Waals surface area contributed by atoms with Crippen molar-refractivity contribution in [3.05, 3.63) is 53.3 Å². The first-order valence-electron chi connectivity index (χ1n) is 12.6. The molecule has 1 saturated heterocycles. The molecule has 1 aliphatic heterocycles. The van der Waals surface area contributed by atoms with E-state index in [-0.39, 0.29) is 24.6 Å². The zero-order valence-electron chi connectivity index (χ0n) is 21.6. The Labute approximate surface area is 222 Å². The molecule has 4 rings (SSSR count). The third-order valence-electron chi connectivity index (χ3n) is 6.61. The molecule has 3 heterocycles. The maximum Gasteiger partial charge on any atom is 0.407 e. The molecule has 3 aromatic rings. The molecule has 0 spiro atoms. The van der Waals surface area contributed by atoms with Crippen molar-refractivity contribution in [1.29, 1.82) is 0 Å². The summed E-state index contributed by atoms with van der Waals surface area (Å²) in [7, 11) is 0. The molecule has 1 aromatic carbocycles. The summed E-state index contributed by atoms with van der Waals surface area (Å²) >= 11 is 6.08. The topological polar surface area (TPSA) is 102 Å². The van der Waals surface area contributed by atoms with E-state index in [0.29, 0.717) is 31.2 Å². The Morgan fingerprint density at radius 1 is 1.11 bits per heavy atom. The second kappa shape index (κ2) is 11.3. The minimum Gasteiger partial charge on any atom is -0.487 e. The summed E-state index contributed by atoms with van der Waals surface area (Å²) in [6.45, 7) is 9.91. The van der Waals surface area contributed by atoms with Gasteiger partial charge < -0.3 is 29.5 Å². The number of amides is 2. The molecule has 1 unspecified atom stereocenters. The highest BCUT2D eigenvalue weighted by molar-refractivity contribution is 6.30. The summed E-state index contributed by atoms with van der Waals surface area (Å²) in [5.74, 6) is 0.00320. The molecule has 37 heavy (non-hydrogen) atoms. The minimum atomic E-state index is -1.04. The number of fused-ring (bicyclic) bond motifs is 1. The highest BCUT2D eigenvalue weighted by atomic mass is 35.5. The molecule has 1 fully saturated rings. The number of hydrogen-bond donors (Lipinski definition) is 2. The Hall–Kier alpha value is -3.46. The quantitative estimate of drug-likeness (QED) is 0.435. The second-order valence-electron chi connectivity index (χ2n) is 9.82. The van der Waals surface area contributed by atoms with Gasteiger partial charge in [0, 0.05) is 55.4 Å². The van der Waals surface area contributed by atoms with Crippen LogP contribution in [-0.2, 0) is 4.79 Å². The van der Waals surface area contributed by atoms with Crippen molar-refractivity contribution in [3.8, 4) is 5.75 Å². The number of H-pyrrole nitrogens is 1. The summed E-state index contributed by atoms with van der Waals surface area (Å²) < 4.78 is 6.07. The van der Waals surface area contributed by atoms with Crippen LogP contribution >= 0.6 is 11.6 Å². The number of aromatic nitrogens is 2. The van der Waals surface area contributed by atoms with Crippen molar-refractivity contribution in [2.24, 2.45) is 0 Å². The standard InChI is InChI=1S/C27H34ClN5O4/c1-17(2)33(27(35)36)16-22(19-5-7-20(28)8-6-19)26(34)32-13-11-31(12-14-32)24-21-9-10-29-25(21)30-15-23(24)37-18(3)4/h5-10,15,17-18,22H,11-14,16H2,1-4H3,(H,29,30)(H,35,36). The predicted octanol–water partition coefficient (Wildman–Crippen LogP) is 4.82. The number of halogens is 1. The second-order valence-corrected chi connectivity index (χ2v) is 10.3. The number of ether oxygens (including phenoxy) is 1. The number of hydrogen-bond acceptors (Lipinski definition) is 5. The van der Waals surface area contributed by atoms with Crippen LogP contribution in [0.4, 0.5) is 10.5 Å². The molecule has 0 aliphatic carbocycles. The number of benzene rings is 1. The molecule has 9 nitrogen and oxygen atoms in total. The van der Waals surface area contributed by atoms with Gasteiger partial charge in [-0.2, -0.15) is 0 Å². The van der Waals surface area contributed by atoms with Gasteiger partial charge in [-0.3, -0.25) is 4.79 Å². The van der Waals surface area contributed by atoms with Gasteiger partial charge in [-0.05, 0) is 51.5 Å². The van der Waals surface area contributed by atoms with Gasteiger partial charge in [-0.15, -0.1) is 0 Å². The normalized spacial score (nSPS) is 14.9. The first-order chi connectivity index (χ1) is 17.7. The highest BCUT2D eigenvalue weighted by Gasteiger charge is 2.33. The van der Waals surface area contributed by atoms with Gasteiger partial charge in [0.1, 0.15) is 5.65 Å². The molecule has 2 aromatic heterocycles. The fourth-order valence-corrected chi connectivity index (χ4v) is 4.87. The first kappa shape index (κ1) is 26.6. The fourth-order valence-electron chi connectivity index (χ4n) is 4.74. The number of nitrogens with one attached hydrogen (secondary N) is 1. The Morgan fingerprint density at radius 2 is 1.78 bits per heavy atom. The molecule has 198 valence electrons. The van der Waals surface area contributed by atoms with Crippen molar-refractivity contribution >= 4 is 40.3 Å². The zero-order chi connectivity index (χ0) is 26.7. The van der Waals surface area contributed by atoms with Gasteiger partial charge >= 0.3 is 6.09 Å². The molecule has 1 aliphatic rings. The molecule has 10 heteroatoms.